The van der Waals surface area contributed by atoms with Crippen molar-refractivity contribution in [3.05, 3.63) is 107 Å². The van der Waals surface area contributed by atoms with Gasteiger partial charge in [-0.2, -0.15) is 0 Å². The van der Waals surface area contributed by atoms with Crippen molar-refractivity contribution in [1.29, 1.82) is 0 Å². The van der Waals surface area contributed by atoms with Gasteiger partial charge in [-0.1, -0.05) is 60.2 Å². The number of amides is 1. The van der Waals surface area contributed by atoms with Gasteiger partial charge in [-0.25, -0.2) is 13.1 Å². The van der Waals surface area contributed by atoms with Gasteiger partial charge in [0.15, 0.2) is 11.5 Å². The van der Waals surface area contributed by atoms with Crippen LogP contribution in [-0.2, 0) is 26.1 Å². The molecular weight excluding hydrogens is 466 g/mol. The summed E-state index contributed by atoms with van der Waals surface area (Å²) in [7, 11) is -2.43. The maximum Gasteiger partial charge on any atom is 0.300 e. The third-order valence-electron chi connectivity index (χ3n) is 5.90. The van der Waals surface area contributed by atoms with Gasteiger partial charge in [0.05, 0.1) is 11.5 Å². The third-order valence-corrected chi connectivity index (χ3v) is 7.25. The van der Waals surface area contributed by atoms with E-state index in [1.165, 1.54) is 18.2 Å². The van der Waals surface area contributed by atoms with Crippen molar-refractivity contribution < 1.29 is 27.1 Å². The summed E-state index contributed by atoms with van der Waals surface area (Å²) in [4.78, 5) is 12.6. The molecule has 0 radical (unpaired) electrons. The molecule has 4 rings (SSSR count). The first kappa shape index (κ1) is 24.7. The molecule has 1 aliphatic carbocycles. The van der Waals surface area contributed by atoms with Gasteiger partial charge in [0.2, 0.25) is 0 Å². The van der Waals surface area contributed by atoms with Gasteiger partial charge >= 0.3 is 5.91 Å². The molecule has 1 aliphatic rings. The smallest absolute Gasteiger partial charge is 0.300 e. The standard InChI is InChI=1S/C27H27NO6S/c1-19-17-27(32-3,15-14-24(19)21-10-6-4-7-11-21)33-18-22-16-25(34-20(22)2)26(29)28-35(30,31)23-12-8-5-9-13-23/h4-16H,17-18H2,1-3H3,(H,28,29). The summed E-state index contributed by atoms with van der Waals surface area (Å²) in [5.41, 5.74) is 3.99. The van der Waals surface area contributed by atoms with Gasteiger partial charge in [0.1, 0.15) is 5.76 Å². The first-order chi connectivity index (χ1) is 16.7. The Kier molecular flexibility index (Phi) is 7.07. The Bertz CT molecular complexity index is 1370. The number of methoxy groups -OCH3 is 1. The Labute approximate surface area is 205 Å². The van der Waals surface area contributed by atoms with Gasteiger partial charge in [-0.15, -0.1) is 0 Å². The Morgan fingerprint density at radius 1 is 1.06 bits per heavy atom. The molecule has 0 fully saturated rings. The zero-order valence-electron chi connectivity index (χ0n) is 19.8. The highest BCUT2D eigenvalue weighted by Crippen LogP contribution is 2.36. The van der Waals surface area contributed by atoms with Gasteiger partial charge in [0.25, 0.3) is 10.0 Å². The lowest BCUT2D eigenvalue weighted by Crippen LogP contribution is -2.34. The fourth-order valence-electron chi connectivity index (χ4n) is 3.94. The number of hydrogen-bond acceptors (Lipinski definition) is 6. The summed E-state index contributed by atoms with van der Waals surface area (Å²) in [5.74, 6) is -1.48. The van der Waals surface area contributed by atoms with Crippen molar-refractivity contribution in [3.8, 4) is 0 Å². The van der Waals surface area contributed by atoms with Crippen LogP contribution in [-0.4, -0.2) is 27.2 Å². The maximum absolute atomic E-state index is 12.6. The minimum atomic E-state index is -4.01. The zero-order chi connectivity index (χ0) is 25.1. The molecule has 0 bridgehead atoms. The fraction of sp³-hybridized carbons (Fsp3) is 0.222. The Morgan fingerprint density at radius 3 is 2.34 bits per heavy atom. The third kappa shape index (κ3) is 5.45. The lowest BCUT2D eigenvalue weighted by atomic mass is 9.90. The van der Waals surface area contributed by atoms with Crippen molar-refractivity contribution in [1.82, 2.24) is 4.72 Å². The molecule has 0 aliphatic heterocycles. The summed E-state index contributed by atoms with van der Waals surface area (Å²) < 4.78 is 44.4. The topological polar surface area (TPSA) is 94.8 Å². The SMILES string of the molecule is COC1(OCc2cc(C(=O)NS(=O)(=O)c3ccccc3)oc2C)C=CC(c2ccccc2)=C(C)C1. The molecule has 8 heteroatoms. The Morgan fingerprint density at radius 2 is 1.71 bits per heavy atom. The van der Waals surface area contributed by atoms with Crippen LogP contribution in [0, 0.1) is 6.92 Å². The monoisotopic (exact) mass is 493 g/mol. The van der Waals surface area contributed by atoms with Crippen molar-refractivity contribution in [3.63, 3.8) is 0 Å². The largest absolute Gasteiger partial charge is 0.456 e. The lowest BCUT2D eigenvalue weighted by Gasteiger charge is -2.33. The van der Waals surface area contributed by atoms with Crippen LogP contribution in [0.25, 0.3) is 5.57 Å². The van der Waals surface area contributed by atoms with Crippen LogP contribution < -0.4 is 4.72 Å². The minimum Gasteiger partial charge on any atom is -0.456 e. The summed E-state index contributed by atoms with van der Waals surface area (Å²) in [6.45, 7) is 3.85. The van der Waals surface area contributed by atoms with E-state index in [9.17, 15) is 13.2 Å². The van der Waals surface area contributed by atoms with E-state index in [1.807, 2.05) is 42.0 Å². The first-order valence-corrected chi connectivity index (χ1v) is 12.6. The van der Waals surface area contributed by atoms with E-state index in [0.717, 1.165) is 16.7 Å². The van der Waals surface area contributed by atoms with Gasteiger partial charge in [0, 0.05) is 19.1 Å². The van der Waals surface area contributed by atoms with E-state index in [0.29, 0.717) is 17.7 Å². The van der Waals surface area contributed by atoms with E-state index in [2.05, 4.69) is 12.1 Å². The van der Waals surface area contributed by atoms with E-state index < -0.39 is 21.7 Å². The number of ether oxygens (including phenoxy) is 2. The lowest BCUT2D eigenvalue weighted by molar-refractivity contribution is -0.194. The molecule has 35 heavy (non-hydrogen) atoms. The molecule has 1 N–H and O–H groups in total. The summed E-state index contributed by atoms with van der Waals surface area (Å²) in [6.07, 6.45) is 4.41. The number of carbonyl (C=O) groups excluding carboxylic acids is 1. The molecule has 1 aromatic heterocycles. The number of furan rings is 1. The van der Waals surface area contributed by atoms with E-state index in [4.69, 9.17) is 13.9 Å². The summed E-state index contributed by atoms with van der Waals surface area (Å²) >= 11 is 0. The van der Waals surface area contributed by atoms with Crippen LogP contribution in [0.3, 0.4) is 0 Å². The van der Waals surface area contributed by atoms with Crippen LogP contribution in [0.15, 0.2) is 93.8 Å². The normalized spacial score (nSPS) is 18.0. The molecule has 182 valence electrons. The molecule has 0 spiro atoms. The van der Waals surface area contributed by atoms with Crippen molar-refractivity contribution in [2.45, 2.75) is 37.6 Å². The van der Waals surface area contributed by atoms with Crippen molar-refractivity contribution in [2.75, 3.05) is 7.11 Å². The second kappa shape index (κ2) is 10.0. The first-order valence-electron chi connectivity index (χ1n) is 11.1. The number of sulfonamides is 1. The number of carbonyl (C=O) groups is 1. The number of allylic oxidation sites excluding steroid dienone is 2. The molecule has 3 aromatic rings. The summed E-state index contributed by atoms with van der Waals surface area (Å²) in [5, 5.41) is 0. The Hall–Kier alpha value is -3.46. The maximum atomic E-state index is 12.6. The van der Waals surface area contributed by atoms with Crippen molar-refractivity contribution in [2.24, 2.45) is 0 Å². The molecule has 1 unspecified atom stereocenters. The molecular formula is C27H27NO6S. The van der Waals surface area contributed by atoms with E-state index >= 15 is 0 Å². The second-order valence-electron chi connectivity index (χ2n) is 8.31. The average molecular weight is 494 g/mol. The van der Waals surface area contributed by atoms with Gasteiger partial charge in [-0.3, -0.25) is 4.79 Å². The predicted molar refractivity (Wildman–Crippen MR) is 132 cm³/mol. The quantitative estimate of drug-likeness (QED) is 0.444. The van der Waals surface area contributed by atoms with E-state index in [-0.39, 0.29) is 17.3 Å². The second-order valence-corrected chi connectivity index (χ2v) is 10.00. The molecule has 1 amide bonds. The van der Waals surface area contributed by atoms with Gasteiger partial charge < -0.3 is 13.9 Å². The highest BCUT2D eigenvalue weighted by atomic mass is 32.2. The van der Waals surface area contributed by atoms with Crippen molar-refractivity contribution >= 4 is 21.5 Å². The number of aryl methyl sites for hydroxylation is 1. The zero-order valence-corrected chi connectivity index (χ0v) is 20.6. The predicted octanol–water partition coefficient (Wildman–Crippen LogP) is 5.00. The van der Waals surface area contributed by atoms with Crippen LogP contribution in [0.1, 0.15) is 40.8 Å². The van der Waals surface area contributed by atoms with E-state index in [1.54, 1.807) is 32.2 Å². The molecule has 0 saturated heterocycles. The molecule has 1 atom stereocenters. The average Bonchev–Trinajstić information content (AvgIpc) is 3.24. The number of hydrogen-bond donors (Lipinski definition) is 1. The number of rotatable bonds is 8. The minimum absolute atomic E-state index is 0.00963. The highest BCUT2D eigenvalue weighted by Gasteiger charge is 2.33. The molecule has 7 nitrogen and oxygen atoms in total. The van der Waals surface area contributed by atoms with Crippen LogP contribution in [0.5, 0.6) is 0 Å². The van der Waals surface area contributed by atoms with Crippen LogP contribution in [0.2, 0.25) is 0 Å². The number of benzene rings is 2. The van der Waals surface area contributed by atoms with Crippen LogP contribution >= 0.6 is 0 Å². The van der Waals surface area contributed by atoms with Crippen LogP contribution in [0.4, 0.5) is 0 Å². The number of nitrogens with one attached hydrogen (secondary N) is 1. The molecule has 1 heterocycles. The fourth-order valence-corrected chi connectivity index (χ4v) is 4.92. The van der Waals surface area contributed by atoms with Gasteiger partial charge in [-0.05, 0) is 49.3 Å². The molecule has 2 aromatic carbocycles. The highest BCUT2D eigenvalue weighted by molar-refractivity contribution is 7.90. The molecule has 0 saturated carbocycles. The Balaban J connectivity index is 1.45. The summed E-state index contributed by atoms with van der Waals surface area (Å²) in [6, 6.07) is 19.2.